The van der Waals surface area contributed by atoms with Gasteiger partial charge in [-0.3, -0.25) is 10.4 Å². The van der Waals surface area contributed by atoms with Gasteiger partial charge in [0.05, 0.1) is 0 Å². The smallest absolute Gasteiger partial charge is 0.329 e. The molecule has 0 atom stereocenters. The molecule has 1 aromatic rings. The number of carbonyl (C=O) groups excluding carboxylic acids is 1. The van der Waals surface area contributed by atoms with Gasteiger partial charge in [0.2, 0.25) is 0 Å². The van der Waals surface area contributed by atoms with E-state index >= 15 is 0 Å². The van der Waals surface area contributed by atoms with Crippen molar-refractivity contribution in [2.45, 2.75) is 33.4 Å². The highest BCUT2D eigenvalue weighted by Gasteiger charge is 2.28. The van der Waals surface area contributed by atoms with Gasteiger partial charge in [-0.25, -0.2) is 4.79 Å². The molecule has 5 nitrogen and oxygen atoms in total. The Kier molecular flexibility index (Phi) is 4.79. The van der Waals surface area contributed by atoms with Gasteiger partial charge >= 0.3 is 12.2 Å². The van der Waals surface area contributed by atoms with Crippen LogP contribution in [0.15, 0.2) is 0 Å². The van der Waals surface area contributed by atoms with Crippen molar-refractivity contribution in [2.75, 3.05) is 11.9 Å². The fourth-order valence-corrected chi connectivity index (χ4v) is 1.55. The third-order valence-corrected chi connectivity index (χ3v) is 2.37. The van der Waals surface area contributed by atoms with Crippen molar-refractivity contribution in [1.29, 1.82) is 0 Å². The SMILES string of the molecule is Cc1[nH]nc(NC(=O)NCC(F)(F)F)c1CC(C)C. The monoisotopic (exact) mass is 278 g/mol. The van der Waals surface area contributed by atoms with Gasteiger partial charge in [0, 0.05) is 11.3 Å². The normalized spacial score (nSPS) is 11.7. The number of amides is 2. The second-order valence-electron chi connectivity index (χ2n) is 4.70. The molecule has 8 heteroatoms. The Hall–Kier alpha value is -1.73. The van der Waals surface area contributed by atoms with Crippen LogP contribution in [0.3, 0.4) is 0 Å². The predicted octanol–water partition coefficient (Wildman–Crippen LogP) is 2.60. The Balaban J connectivity index is 2.64. The van der Waals surface area contributed by atoms with Gasteiger partial charge in [0.25, 0.3) is 0 Å². The van der Waals surface area contributed by atoms with Crippen LogP contribution >= 0.6 is 0 Å². The molecule has 0 saturated heterocycles. The number of alkyl halides is 3. The van der Waals surface area contributed by atoms with Crippen molar-refractivity contribution >= 4 is 11.8 Å². The van der Waals surface area contributed by atoms with E-state index in [1.165, 1.54) is 0 Å². The quantitative estimate of drug-likeness (QED) is 0.792. The lowest BCUT2D eigenvalue weighted by Crippen LogP contribution is -2.36. The fraction of sp³-hybridized carbons (Fsp3) is 0.636. The number of hydrogen-bond donors (Lipinski definition) is 3. The number of nitrogens with one attached hydrogen (secondary N) is 3. The van der Waals surface area contributed by atoms with E-state index in [9.17, 15) is 18.0 Å². The molecule has 0 saturated carbocycles. The predicted molar refractivity (Wildman–Crippen MR) is 64.9 cm³/mol. The summed E-state index contributed by atoms with van der Waals surface area (Å²) in [4.78, 5) is 11.3. The minimum atomic E-state index is -4.43. The van der Waals surface area contributed by atoms with E-state index < -0.39 is 18.8 Å². The van der Waals surface area contributed by atoms with Crippen molar-refractivity contribution in [3.05, 3.63) is 11.3 Å². The zero-order valence-corrected chi connectivity index (χ0v) is 11.0. The number of aromatic amines is 1. The van der Waals surface area contributed by atoms with Crippen LogP contribution in [-0.4, -0.2) is 28.9 Å². The van der Waals surface area contributed by atoms with Crippen LogP contribution in [0.5, 0.6) is 0 Å². The first-order valence-corrected chi connectivity index (χ1v) is 5.84. The Morgan fingerprint density at radius 1 is 1.42 bits per heavy atom. The number of H-pyrrole nitrogens is 1. The zero-order chi connectivity index (χ0) is 14.6. The highest BCUT2D eigenvalue weighted by atomic mass is 19.4. The van der Waals surface area contributed by atoms with E-state index in [2.05, 4.69) is 15.5 Å². The van der Waals surface area contributed by atoms with Gasteiger partial charge in [-0.2, -0.15) is 18.3 Å². The van der Waals surface area contributed by atoms with E-state index in [1.54, 1.807) is 12.2 Å². The Labute approximate surface area is 109 Å². The number of anilines is 1. The first kappa shape index (κ1) is 15.3. The highest BCUT2D eigenvalue weighted by molar-refractivity contribution is 5.89. The summed E-state index contributed by atoms with van der Waals surface area (Å²) in [5.41, 5.74) is 1.59. The summed E-state index contributed by atoms with van der Waals surface area (Å²) in [5, 5.41) is 10.6. The summed E-state index contributed by atoms with van der Waals surface area (Å²) in [5.74, 6) is 0.612. The van der Waals surface area contributed by atoms with E-state index in [0.29, 0.717) is 12.3 Å². The van der Waals surface area contributed by atoms with Gasteiger partial charge in [-0.05, 0) is 19.3 Å². The third-order valence-electron chi connectivity index (χ3n) is 2.37. The molecule has 2 amide bonds. The van der Waals surface area contributed by atoms with E-state index in [-0.39, 0.29) is 5.82 Å². The molecule has 0 aliphatic heterocycles. The molecule has 0 unspecified atom stereocenters. The molecule has 1 aromatic heterocycles. The summed E-state index contributed by atoms with van der Waals surface area (Å²) >= 11 is 0. The molecule has 0 aliphatic rings. The second kappa shape index (κ2) is 5.94. The molecule has 3 N–H and O–H groups in total. The number of rotatable bonds is 4. The van der Waals surface area contributed by atoms with Crippen LogP contribution in [-0.2, 0) is 6.42 Å². The van der Waals surface area contributed by atoms with E-state index in [1.807, 2.05) is 13.8 Å². The molecule has 0 aromatic carbocycles. The Bertz CT molecular complexity index is 440. The summed E-state index contributed by atoms with van der Waals surface area (Å²) in [6, 6.07) is -0.922. The maximum absolute atomic E-state index is 11.9. The van der Waals surface area contributed by atoms with Crippen molar-refractivity contribution in [3.63, 3.8) is 0 Å². The molecule has 1 heterocycles. The summed E-state index contributed by atoms with van der Waals surface area (Å²) < 4.78 is 35.8. The molecular formula is C11H17F3N4O. The molecule has 0 radical (unpaired) electrons. The topological polar surface area (TPSA) is 69.8 Å². The Morgan fingerprint density at radius 2 is 2.05 bits per heavy atom. The maximum atomic E-state index is 11.9. The number of carbonyl (C=O) groups is 1. The number of nitrogens with zero attached hydrogens (tertiary/aromatic N) is 1. The van der Waals surface area contributed by atoms with Crippen LogP contribution in [0.25, 0.3) is 0 Å². The largest absolute Gasteiger partial charge is 0.405 e. The molecule has 1 rings (SSSR count). The number of hydrogen-bond acceptors (Lipinski definition) is 2. The molecule has 0 aliphatic carbocycles. The fourth-order valence-electron chi connectivity index (χ4n) is 1.55. The lowest BCUT2D eigenvalue weighted by Gasteiger charge is -2.10. The second-order valence-corrected chi connectivity index (χ2v) is 4.70. The first-order chi connectivity index (χ1) is 8.69. The summed E-state index contributed by atoms with van der Waals surface area (Å²) in [7, 11) is 0. The summed E-state index contributed by atoms with van der Waals surface area (Å²) in [6.07, 6.45) is -3.75. The first-order valence-electron chi connectivity index (χ1n) is 5.84. The standard InChI is InChI=1S/C11H17F3N4O/c1-6(2)4-8-7(3)17-18-9(8)16-10(19)15-5-11(12,13)14/h6H,4-5H2,1-3H3,(H3,15,16,17,18,19). The van der Waals surface area contributed by atoms with Gasteiger partial charge in [-0.15, -0.1) is 0 Å². The van der Waals surface area contributed by atoms with Crippen LogP contribution in [0.1, 0.15) is 25.1 Å². The highest BCUT2D eigenvalue weighted by Crippen LogP contribution is 2.20. The van der Waals surface area contributed by atoms with Crippen molar-refractivity contribution in [2.24, 2.45) is 5.92 Å². The van der Waals surface area contributed by atoms with Crippen molar-refractivity contribution < 1.29 is 18.0 Å². The van der Waals surface area contributed by atoms with Gasteiger partial charge in [0.15, 0.2) is 5.82 Å². The minimum Gasteiger partial charge on any atom is -0.329 e. The van der Waals surface area contributed by atoms with E-state index in [4.69, 9.17) is 0 Å². The van der Waals surface area contributed by atoms with Crippen LogP contribution in [0, 0.1) is 12.8 Å². The average Bonchev–Trinajstić information content (AvgIpc) is 2.57. The van der Waals surface area contributed by atoms with E-state index in [0.717, 1.165) is 11.3 Å². The maximum Gasteiger partial charge on any atom is 0.405 e. The number of aromatic nitrogens is 2. The van der Waals surface area contributed by atoms with Crippen LogP contribution in [0.2, 0.25) is 0 Å². The number of urea groups is 1. The number of aryl methyl sites for hydroxylation is 1. The lowest BCUT2D eigenvalue weighted by atomic mass is 10.0. The lowest BCUT2D eigenvalue weighted by molar-refractivity contribution is -0.122. The molecule has 19 heavy (non-hydrogen) atoms. The molecule has 0 fully saturated rings. The Morgan fingerprint density at radius 3 is 2.58 bits per heavy atom. The van der Waals surface area contributed by atoms with Gasteiger partial charge < -0.3 is 5.32 Å². The minimum absolute atomic E-state index is 0.269. The average molecular weight is 278 g/mol. The zero-order valence-electron chi connectivity index (χ0n) is 11.0. The van der Waals surface area contributed by atoms with Crippen LogP contribution in [0.4, 0.5) is 23.8 Å². The van der Waals surface area contributed by atoms with Crippen molar-refractivity contribution in [1.82, 2.24) is 15.5 Å². The van der Waals surface area contributed by atoms with Crippen molar-refractivity contribution in [3.8, 4) is 0 Å². The third kappa shape index (κ3) is 5.19. The molecule has 0 bridgehead atoms. The summed E-state index contributed by atoms with van der Waals surface area (Å²) in [6.45, 7) is 4.42. The van der Waals surface area contributed by atoms with Crippen LogP contribution < -0.4 is 10.6 Å². The molecular weight excluding hydrogens is 261 g/mol. The molecule has 0 spiro atoms. The molecule has 108 valence electrons. The van der Waals surface area contributed by atoms with Gasteiger partial charge in [0.1, 0.15) is 6.54 Å². The number of halogens is 3. The van der Waals surface area contributed by atoms with Gasteiger partial charge in [-0.1, -0.05) is 13.8 Å².